The lowest BCUT2D eigenvalue weighted by Gasteiger charge is -2.33. The first-order valence-electron chi connectivity index (χ1n) is 5.13. The van der Waals surface area contributed by atoms with Crippen molar-refractivity contribution < 1.29 is 8.78 Å². The molecule has 13 heavy (non-hydrogen) atoms. The quantitative estimate of drug-likeness (QED) is 0.585. The maximum atomic E-state index is 13.6. The molecule has 0 saturated carbocycles. The summed E-state index contributed by atoms with van der Waals surface area (Å²) in [5, 5.41) is 0. The Morgan fingerprint density at radius 3 is 1.92 bits per heavy atom. The van der Waals surface area contributed by atoms with Crippen LogP contribution < -0.4 is 0 Å². The Hall–Kier alpha value is -0.180. The SMILES string of the molecule is CCCC(C)C(F)(F)N(CC)CC. The summed E-state index contributed by atoms with van der Waals surface area (Å²) in [5.74, 6) is -0.544. The number of alkyl halides is 2. The first kappa shape index (κ1) is 12.8. The van der Waals surface area contributed by atoms with Crippen LogP contribution in [0.4, 0.5) is 8.78 Å². The highest BCUT2D eigenvalue weighted by molar-refractivity contribution is 4.73. The highest BCUT2D eigenvalue weighted by Crippen LogP contribution is 2.31. The fourth-order valence-electron chi connectivity index (χ4n) is 1.56. The molecule has 0 N–H and O–H groups in total. The summed E-state index contributed by atoms with van der Waals surface area (Å²) in [7, 11) is 0. The van der Waals surface area contributed by atoms with E-state index in [-0.39, 0.29) is 0 Å². The van der Waals surface area contributed by atoms with Gasteiger partial charge in [-0.2, -0.15) is 8.78 Å². The molecule has 0 bridgehead atoms. The van der Waals surface area contributed by atoms with Crippen LogP contribution in [0.2, 0.25) is 0 Å². The van der Waals surface area contributed by atoms with E-state index in [4.69, 9.17) is 0 Å². The van der Waals surface area contributed by atoms with Crippen molar-refractivity contribution in [3.05, 3.63) is 0 Å². The Labute approximate surface area is 80.1 Å². The highest BCUT2D eigenvalue weighted by Gasteiger charge is 2.40. The van der Waals surface area contributed by atoms with Gasteiger partial charge in [0.2, 0.25) is 0 Å². The lowest BCUT2D eigenvalue weighted by atomic mass is 10.0. The third kappa shape index (κ3) is 3.22. The first-order chi connectivity index (χ1) is 6.00. The molecule has 0 aromatic rings. The van der Waals surface area contributed by atoms with Gasteiger partial charge < -0.3 is 0 Å². The van der Waals surface area contributed by atoms with Crippen LogP contribution in [0.1, 0.15) is 40.5 Å². The van der Waals surface area contributed by atoms with Crippen LogP contribution >= 0.6 is 0 Å². The zero-order chi connectivity index (χ0) is 10.5. The van der Waals surface area contributed by atoms with Gasteiger partial charge in [0.1, 0.15) is 0 Å². The Balaban J connectivity index is 4.32. The van der Waals surface area contributed by atoms with E-state index in [0.29, 0.717) is 19.5 Å². The Morgan fingerprint density at radius 2 is 1.62 bits per heavy atom. The summed E-state index contributed by atoms with van der Waals surface area (Å²) in [4.78, 5) is 1.23. The van der Waals surface area contributed by atoms with Gasteiger partial charge >= 0.3 is 6.05 Å². The van der Waals surface area contributed by atoms with Gasteiger partial charge in [-0.25, -0.2) is 4.90 Å². The molecule has 0 rings (SSSR count). The number of rotatable bonds is 6. The zero-order valence-corrected chi connectivity index (χ0v) is 9.11. The smallest absolute Gasteiger partial charge is 0.245 e. The first-order valence-corrected chi connectivity index (χ1v) is 5.13. The summed E-state index contributed by atoms with van der Waals surface area (Å²) in [6.45, 7) is 7.94. The molecule has 0 saturated heterocycles. The predicted molar refractivity (Wildman–Crippen MR) is 51.9 cm³/mol. The molecule has 0 fully saturated rings. The van der Waals surface area contributed by atoms with E-state index >= 15 is 0 Å². The molecule has 0 radical (unpaired) electrons. The summed E-state index contributed by atoms with van der Waals surface area (Å²) < 4.78 is 27.2. The van der Waals surface area contributed by atoms with Gasteiger partial charge in [0.05, 0.1) is 0 Å². The van der Waals surface area contributed by atoms with Crippen molar-refractivity contribution in [1.82, 2.24) is 4.90 Å². The van der Waals surface area contributed by atoms with Gasteiger partial charge in [-0.1, -0.05) is 34.1 Å². The van der Waals surface area contributed by atoms with E-state index < -0.39 is 12.0 Å². The van der Waals surface area contributed by atoms with E-state index in [2.05, 4.69) is 0 Å². The molecule has 0 amide bonds. The fourth-order valence-corrected chi connectivity index (χ4v) is 1.56. The molecule has 0 spiro atoms. The van der Waals surface area contributed by atoms with E-state index in [9.17, 15) is 8.78 Å². The Morgan fingerprint density at radius 1 is 1.15 bits per heavy atom. The van der Waals surface area contributed by atoms with Gasteiger partial charge in [0, 0.05) is 19.0 Å². The molecule has 80 valence electrons. The van der Waals surface area contributed by atoms with E-state index in [1.54, 1.807) is 20.8 Å². The second-order valence-electron chi connectivity index (χ2n) is 3.45. The van der Waals surface area contributed by atoms with E-state index in [1.807, 2.05) is 6.92 Å². The average Bonchev–Trinajstić information content (AvgIpc) is 2.06. The van der Waals surface area contributed by atoms with Gasteiger partial charge in [0.25, 0.3) is 0 Å². The third-order valence-corrected chi connectivity index (χ3v) is 2.50. The molecule has 1 nitrogen and oxygen atoms in total. The van der Waals surface area contributed by atoms with Crippen molar-refractivity contribution in [2.75, 3.05) is 13.1 Å². The van der Waals surface area contributed by atoms with Crippen LogP contribution in [-0.4, -0.2) is 24.0 Å². The number of halogens is 2. The average molecular weight is 193 g/mol. The van der Waals surface area contributed by atoms with Gasteiger partial charge in [-0.3, -0.25) is 0 Å². The fraction of sp³-hybridized carbons (Fsp3) is 1.00. The third-order valence-electron chi connectivity index (χ3n) is 2.50. The van der Waals surface area contributed by atoms with E-state index in [1.165, 1.54) is 4.90 Å². The van der Waals surface area contributed by atoms with Crippen molar-refractivity contribution in [2.24, 2.45) is 5.92 Å². The van der Waals surface area contributed by atoms with Crippen LogP contribution in [0.25, 0.3) is 0 Å². The monoisotopic (exact) mass is 193 g/mol. The minimum absolute atomic E-state index is 0.414. The molecule has 0 heterocycles. The molecule has 1 unspecified atom stereocenters. The number of hydrogen-bond acceptors (Lipinski definition) is 1. The standard InChI is InChI=1S/C10H21F2N/c1-5-8-9(4)10(11,12)13(6-2)7-3/h9H,5-8H2,1-4H3. The Kier molecular flexibility index (Phi) is 5.45. The maximum absolute atomic E-state index is 13.6. The van der Waals surface area contributed by atoms with E-state index in [0.717, 1.165) is 6.42 Å². The highest BCUT2D eigenvalue weighted by atomic mass is 19.3. The molecular weight excluding hydrogens is 172 g/mol. The van der Waals surface area contributed by atoms with Crippen LogP contribution in [0.3, 0.4) is 0 Å². The van der Waals surface area contributed by atoms with Gasteiger partial charge in [-0.15, -0.1) is 0 Å². The Bertz CT molecular complexity index is 133. The van der Waals surface area contributed by atoms with Gasteiger partial charge in [-0.05, 0) is 6.42 Å². The van der Waals surface area contributed by atoms with Crippen LogP contribution in [0.5, 0.6) is 0 Å². The topological polar surface area (TPSA) is 3.24 Å². The van der Waals surface area contributed by atoms with Crippen molar-refractivity contribution in [1.29, 1.82) is 0 Å². The molecule has 0 aliphatic carbocycles. The van der Waals surface area contributed by atoms with Crippen LogP contribution in [0.15, 0.2) is 0 Å². The van der Waals surface area contributed by atoms with Crippen LogP contribution in [-0.2, 0) is 0 Å². The minimum Gasteiger partial charge on any atom is -0.245 e. The van der Waals surface area contributed by atoms with Crippen molar-refractivity contribution in [3.63, 3.8) is 0 Å². The van der Waals surface area contributed by atoms with Crippen molar-refractivity contribution in [3.8, 4) is 0 Å². The van der Waals surface area contributed by atoms with Crippen LogP contribution in [0, 0.1) is 5.92 Å². The van der Waals surface area contributed by atoms with Crippen molar-refractivity contribution >= 4 is 0 Å². The molecule has 3 heteroatoms. The molecular formula is C10H21F2N. The normalized spacial score (nSPS) is 15.0. The lowest BCUT2D eigenvalue weighted by Crippen LogP contribution is -2.46. The second kappa shape index (κ2) is 5.53. The summed E-state index contributed by atoms with van der Waals surface area (Å²) in [6.07, 6.45) is 1.40. The zero-order valence-electron chi connectivity index (χ0n) is 9.11. The molecule has 0 aromatic heterocycles. The van der Waals surface area contributed by atoms with Gasteiger partial charge in [0.15, 0.2) is 0 Å². The number of nitrogens with zero attached hydrogens (tertiary/aromatic N) is 1. The lowest BCUT2D eigenvalue weighted by molar-refractivity contribution is -0.180. The number of hydrogen-bond donors (Lipinski definition) is 0. The molecule has 0 aromatic carbocycles. The largest absolute Gasteiger partial charge is 0.307 e. The maximum Gasteiger partial charge on any atom is 0.307 e. The summed E-state index contributed by atoms with van der Waals surface area (Å²) >= 11 is 0. The minimum atomic E-state index is -2.64. The predicted octanol–water partition coefficient (Wildman–Crippen LogP) is 3.36. The molecule has 0 aliphatic heterocycles. The van der Waals surface area contributed by atoms with Crippen molar-refractivity contribution in [2.45, 2.75) is 46.6 Å². The summed E-state index contributed by atoms with van der Waals surface area (Å²) in [5.41, 5.74) is 0. The summed E-state index contributed by atoms with van der Waals surface area (Å²) in [6, 6.07) is -2.64. The molecule has 1 atom stereocenters. The second-order valence-corrected chi connectivity index (χ2v) is 3.45. The molecule has 0 aliphatic rings.